The van der Waals surface area contributed by atoms with Gasteiger partial charge in [0.1, 0.15) is 24.2 Å². The van der Waals surface area contributed by atoms with Gasteiger partial charge in [-0.25, -0.2) is 14.4 Å². The van der Waals surface area contributed by atoms with Crippen LogP contribution in [0.1, 0.15) is 0 Å². The lowest BCUT2D eigenvalue weighted by Gasteiger charge is -2.27. The number of urea groups is 1. The Morgan fingerprint density at radius 1 is 1.14 bits per heavy atom. The highest BCUT2D eigenvalue weighted by atomic mass is 16.6. The van der Waals surface area contributed by atoms with Crippen LogP contribution in [0.15, 0.2) is 24.3 Å². The van der Waals surface area contributed by atoms with Crippen LogP contribution in [0.3, 0.4) is 0 Å². The van der Waals surface area contributed by atoms with E-state index in [-0.39, 0.29) is 24.9 Å². The molecule has 11 heteroatoms. The molecule has 0 spiro atoms. The summed E-state index contributed by atoms with van der Waals surface area (Å²) in [6, 6.07) is 5.74. The minimum atomic E-state index is -1.70. The first-order chi connectivity index (χ1) is 14.0. The fourth-order valence-corrected chi connectivity index (χ4v) is 2.47. The number of rotatable bonds is 9. The number of hydrogen-bond acceptors (Lipinski definition) is 8. The van der Waals surface area contributed by atoms with Crippen molar-refractivity contribution in [3.8, 4) is 11.5 Å². The summed E-state index contributed by atoms with van der Waals surface area (Å²) in [7, 11) is 0. The molecule has 0 saturated carbocycles. The number of carbonyl (C=O) groups is 3. The minimum absolute atomic E-state index is 0.0759. The molecule has 1 aliphatic heterocycles. The number of carboxylic acids is 1. The highest BCUT2D eigenvalue weighted by Gasteiger charge is 2.21. The van der Waals surface area contributed by atoms with Crippen molar-refractivity contribution in [3.05, 3.63) is 24.3 Å². The molecule has 0 aliphatic carbocycles. The van der Waals surface area contributed by atoms with Gasteiger partial charge >= 0.3 is 18.0 Å². The number of phenols is 1. The van der Waals surface area contributed by atoms with Crippen LogP contribution in [0.5, 0.6) is 11.5 Å². The second-order valence-electron chi connectivity index (χ2n) is 6.17. The largest absolute Gasteiger partial charge is 0.508 e. The molecule has 0 radical (unpaired) electrons. The van der Waals surface area contributed by atoms with E-state index in [2.05, 4.69) is 10.6 Å². The summed E-state index contributed by atoms with van der Waals surface area (Å²) in [5, 5.41) is 23.7. The van der Waals surface area contributed by atoms with Crippen LogP contribution >= 0.6 is 0 Å². The molecule has 0 aromatic heterocycles. The average Bonchev–Trinajstić information content (AvgIpc) is 2.73. The van der Waals surface area contributed by atoms with E-state index in [1.54, 1.807) is 4.90 Å². The number of carbonyl (C=O) groups excluding carboxylic acids is 2. The molecule has 1 aromatic carbocycles. The van der Waals surface area contributed by atoms with Gasteiger partial charge in [0.2, 0.25) is 0 Å². The quantitative estimate of drug-likeness (QED) is 0.238. The molecule has 1 saturated heterocycles. The number of hydrogen-bond donors (Lipinski definition) is 4. The normalized spacial score (nSPS) is 14.7. The maximum atomic E-state index is 12.0. The van der Waals surface area contributed by atoms with Gasteiger partial charge in [-0.2, -0.15) is 0 Å². The number of amides is 2. The first-order valence-corrected chi connectivity index (χ1v) is 9.12. The molecule has 11 nitrogen and oxygen atoms in total. The van der Waals surface area contributed by atoms with Crippen LogP contribution in [0, 0.1) is 0 Å². The van der Waals surface area contributed by atoms with Gasteiger partial charge in [-0.1, -0.05) is 0 Å². The Morgan fingerprint density at radius 2 is 1.83 bits per heavy atom. The lowest BCUT2D eigenvalue weighted by atomic mass is 10.3. The predicted octanol–water partition coefficient (Wildman–Crippen LogP) is -0.601. The smallest absolute Gasteiger partial charge is 0.417 e. The fraction of sp³-hybridized carbons (Fsp3) is 0.500. The van der Waals surface area contributed by atoms with Crippen molar-refractivity contribution in [2.24, 2.45) is 0 Å². The van der Waals surface area contributed by atoms with Crippen LogP contribution in [-0.2, 0) is 19.1 Å². The van der Waals surface area contributed by atoms with Crippen molar-refractivity contribution in [1.82, 2.24) is 15.5 Å². The Balaban J connectivity index is 1.72. The number of phenolic OH excluding ortho intramolecular Hbond substituents is 1. The summed E-state index contributed by atoms with van der Waals surface area (Å²) >= 11 is 0. The summed E-state index contributed by atoms with van der Waals surface area (Å²) in [5.74, 6) is -2.58. The highest BCUT2D eigenvalue weighted by molar-refractivity contribution is 6.28. The van der Waals surface area contributed by atoms with Crippen LogP contribution in [0.25, 0.3) is 0 Å². The number of ether oxygens (including phenoxy) is 3. The first kappa shape index (κ1) is 22.2. The van der Waals surface area contributed by atoms with Gasteiger partial charge in [0.25, 0.3) is 0 Å². The van der Waals surface area contributed by atoms with Gasteiger partial charge < -0.3 is 40.0 Å². The second kappa shape index (κ2) is 11.7. The molecule has 1 aromatic rings. The van der Waals surface area contributed by atoms with Crippen molar-refractivity contribution < 1.29 is 38.8 Å². The number of morpholine rings is 1. The summed E-state index contributed by atoms with van der Waals surface area (Å²) in [5.41, 5.74) is 0. The van der Waals surface area contributed by atoms with Crippen LogP contribution in [-0.4, -0.2) is 91.7 Å². The second-order valence-corrected chi connectivity index (χ2v) is 6.17. The number of carboxylic acid groups (broad SMARTS) is 1. The summed E-state index contributed by atoms with van der Waals surface area (Å²) < 4.78 is 15.6. The maximum absolute atomic E-state index is 12.0. The van der Waals surface area contributed by atoms with Crippen LogP contribution in [0.4, 0.5) is 4.79 Å². The van der Waals surface area contributed by atoms with Crippen molar-refractivity contribution in [3.63, 3.8) is 0 Å². The SMILES string of the molecule is O=C(O)C(=O)OC(CNCCNC(=O)N1CCOCC1)COc1ccc(O)cc1. The molecular weight excluding hydrogens is 386 g/mol. The molecule has 2 amide bonds. The lowest BCUT2D eigenvalue weighted by molar-refractivity contribution is -0.168. The molecule has 1 heterocycles. The third-order valence-electron chi connectivity index (χ3n) is 3.97. The number of nitrogens with zero attached hydrogens (tertiary/aromatic N) is 1. The first-order valence-electron chi connectivity index (χ1n) is 9.12. The maximum Gasteiger partial charge on any atom is 0.417 e. The molecule has 1 aliphatic rings. The van der Waals surface area contributed by atoms with E-state index < -0.39 is 18.0 Å². The van der Waals surface area contributed by atoms with E-state index in [9.17, 15) is 19.5 Å². The molecule has 1 fully saturated rings. The van der Waals surface area contributed by atoms with Crippen molar-refractivity contribution >= 4 is 18.0 Å². The zero-order valence-electron chi connectivity index (χ0n) is 15.8. The fourth-order valence-electron chi connectivity index (χ4n) is 2.47. The van der Waals surface area contributed by atoms with E-state index in [1.165, 1.54) is 24.3 Å². The van der Waals surface area contributed by atoms with Crippen LogP contribution < -0.4 is 15.4 Å². The van der Waals surface area contributed by atoms with Crippen molar-refractivity contribution in [1.29, 1.82) is 0 Å². The molecule has 4 N–H and O–H groups in total. The van der Waals surface area contributed by atoms with E-state index in [0.29, 0.717) is 45.1 Å². The number of aromatic hydroxyl groups is 1. The molecule has 1 atom stereocenters. The van der Waals surface area contributed by atoms with Gasteiger partial charge in [-0.15, -0.1) is 0 Å². The summed E-state index contributed by atoms with van der Waals surface area (Å²) in [4.78, 5) is 35.7. The monoisotopic (exact) mass is 411 g/mol. The Hall–Kier alpha value is -3.05. The van der Waals surface area contributed by atoms with Crippen molar-refractivity contribution in [2.45, 2.75) is 6.10 Å². The third kappa shape index (κ3) is 8.23. The standard InChI is InChI=1S/C18H25N3O8/c22-13-1-3-14(4-2-13)28-12-15(29-17(25)16(23)24)11-19-5-6-20-18(26)21-7-9-27-10-8-21/h1-4,15,19,22H,5-12H2,(H,20,26)(H,23,24). The number of aliphatic carboxylic acids is 1. The molecule has 2 rings (SSSR count). The van der Waals surface area contributed by atoms with Crippen molar-refractivity contribution in [2.75, 3.05) is 52.5 Å². The highest BCUT2D eigenvalue weighted by Crippen LogP contribution is 2.16. The van der Waals surface area contributed by atoms with E-state index in [1.807, 2.05) is 0 Å². The van der Waals surface area contributed by atoms with Gasteiger partial charge in [0.05, 0.1) is 13.2 Å². The zero-order chi connectivity index (χ0) is 21.1. The minimum Gasteiger partial charge on any atom is -0.508 e. The van der Waals surface area contributed by atoms with Crippen LogP contribution in [0.2, 0.25) is 0 Å². The van der Waals surface area contributed by atoms with Gasteiger partial charge in [0, 0.05) is 32.7 Å². The molecule has 29 heavy (non-hydrogen) atoms. The Morgan fingerprint density at radius 3 is 2.48 bits per heavy atom. The molecule has 0 bridgehead atoms. The predicted molar refractivity (Wildman–Crippen MR) is 99.8 cm³/mol. The lowest BCUT2D eigenvalue weighted by Crippen LogP contribution is -2.48. The molecular formula is C18H25N3O8. The van der Waals surface area contributed by atoms with E-state index in [4.69, 9.17) is 19.3 Å². The van der Waals surface area contributed by atoms with Gasteiger partial charge in [0.15, 0.2) is 0 Å². The molecule has 1 unspecified atom stereocenters. The Labute approximate surface area is 167 Å². The summed E-state index contributed by atoms with van der Waals surface area (Å²) in [6.45, 7) is 2.89. The Bertz CT molecular complexity index is 676. The van der Waals surface area contributed by atoms with Gasteiger partial charge in [-0.3, -0.25) is 0 Å². The van der Waals surface area contributed by atoms with Gasteiger partial charge in [-0.05, 0) is 24.3 Å². The zero-order valence-corrected chi connectivity index (χ0v) is 15.8. The summed E-state index contributed by atoms with van der Waals surface area (Å²) in [6.07, 6.45) is -0.859. The number of nitrogens with one attached hydrogen (secondary N) is 2. The van der Waals surface area contributed by atoms with E-state index >= 15 is 0 Å². The number of esters is 1. The third-order valence-corrected chi connectivity index (χ3v) is 3.97. The molecule has 160 valence electrons. The van der Waals surface area contributed by atoms with E-state index in [0.717, 1.165) is 0 Å². The average molecular weight is 411 g/mol. The number of benzene rings is 1. The topological polar surface area (TPSA) is 147 Å². The Kier molecular flexibility index (Phi) is 8.99.